The molecule has 0 saturated carbocycles. The first-order chi connectivity index (χ1) is 14.1. The van der Waals surface area contributed by atoms with Gasteiger partial charge in [0, 0.05) is 36.6 Å². The van der Waals surface area contributed by atoms with Crippen LogP contribution in [-0.4, -0.2) is 53.7 Å². The van der Waals surface area contributed by atoms with Crippen molar-refractivity contribution in [3.63, 3.8) is 0 Å². The van der Waals surface area contributed by atoms with Gasteiger partial charge in [0.2, 0.25) is 0 Å². The first-order valence-corrected chi connectivity index (χ1v) is 9.83. The molecular weight excluding hydrogens is 395 g/mol. The minimum absolute atomic E-state index is 0.310. The number of carbonyl (C=O) groups is 1. The Hall–Kier alpha value is -2.93. The third kappa shape index (κ3) is 3.96. The quantitative estimate of drug-likeness (QED) is 0.637. The molecule has 2 heterocycles. The monoisotopic (exact) mass is 414 g/mol. The van der Waals surface area contributed by atoms with E-state index in [-0.39, 0.29) is 11.9 Å². The molecule has 0 unspecified atom stereocenters. The van der Waals surface area contributed by atoms with Crippen LogP contribution in [0.4, 0.5) is 15.0 Å². The smallest absolute Gasteiger partial charge is 0.409 e. The third-order valence-electron chi connectivity index (χ3n) is 4.86. The van der Waals surface area contributed by atoms with E-state index in [0.29, 0.717) is 60.5 Å². The Kier molecular flexibility index (Phi) is 5.49. The summed E-state index contributed by atoms with van der Waals surface area (Å²) in [6.07, 6.45) is -0.310. The Bertz CT molecular complexity index is 1050. The average molecular weight is 415 g/mol. The van der Waals surface area contributed by atoms with Gasteiger partial charge >= 0.3 is 6.09 Å². The molecule has 0 aliphatic carbocycles. The van der Waals surface area contributed by atoms with Crippen molar-refractivity contribution in [3.05, 3.63) is 53.3 Å². The second-order valence-corrected chi connectivity index (χ2v) is 7.12. The van der Waals surface area contributed by atoms with Gasteiger partial charge in [0.25, 0.3) is 0 Å². The zero-order valence-electron chi connectivity index (χ0n) is 15.9. The van der Waals surface area contributed by atoms with Crippen molar-refractivity contribution in [2.75, 3.05) is 37.7 Å². The summed E-state index contributed by atoms with van der Waals surface area (Å²) in [6, 6.07) is 11.8. The Labute approximate surface area is 172 Å². The summed E-state index contributed by atoms with van der Waals surface area (Å²) in [6.45, 7) is 4.32. The van der Waals surface area contributed by atoms with E-state index in [9.17, 15) is 9.18 Å². The molecule has 1 aromatic heterocycles. The fraction of sp³-hybridized carbons (Fsp3) is 0.286. The second kappa shape index (κ2) is 8.21. The second-order valence-electron chi connectivity index (χ2n) is 6.69. The minimum atomic E-state index is -0.376. The molecule has 6 nitrogen and oxygen atoms in total. The van der Waals surface area contributed by atoms with E-state index in [1.54, 1.807) is 36.1 Å². The van der Waals surface area contributed by atoms with Crippen LogP contribution in [0.1, 0.15) is 6.92 Å². The number of piperazine rings is 1. The molecule has 29 heavy (non-hydrogen) atoms. The van der Waals surface area contributed by atoms with Crippen molar-refractivity contribution < 1.29 is 13.9 Å². The average Bonchev–Trinajstić information content (AvgIpc) is 2.74. The Balaban J connectivity index is 1.72. The molecule has 1 aliphatic rings. The summed E-state index contributed by atoms with van der Waals surface area (Å²) < 4.78 is 19.4. The van der Waals surface area contributed by atoms with Gasteiger partial charge in [0.05, 0.1) is 17.7 Å². The number of nitrogens with zero attached hydrogens (tertiary/aromatic N) is 4. The normalized spacial score (nSPS) is 14.3. The maximum atomic E-state index is 14.4. The summed E-state index contributed by atoms with van der Waals surface area (Å²) >= 11 is 6.21. The number of rotatable bonds is 3. The molecule has 4 rings (SSSR count). The number of benzene rings is 2. The largest absolute Gasteiger partial charge is 0.450 e. The topological polar surface area (TPSA) is 58.6 Å². The van der Waals surface area contributed by atoms with E-state index in [0.717, 1.165) is 5.39 Å². The zero-order valence-corrected chi connectivity index (χ0v) is 16.7. The van der Waals surface area contributed by atoms with Crippen molar-refractivity contribution in [2.24, 2.45) is 0 Å². The van der Waals surface area contributed by atoms with E-state index >= 15 is 0 Å². The number of anilines is 1. The molecule has 3 aromatic rings. The van der Waals surface area contributed by atoms with E-state index in [4.69, 9.17) is 16.3 Å². The molecule has 2 aromatic carbocycles. The number of ether oxygens (including phenoxy) is 1. The fourth-order valence-corrected chi connectivity index (χ4v) is 3.58. The first kappa shape index (κ1) is 19.4. The van der Waals surface area contributed by atoms with Crippen molar-refractivity contribution in [1.29, 1.82) is 0 Å². The lowest BCUT2D eigenvalue weighted by atomic mass is 10.1. The Morgan fingerprint density at radius 3 is 2.62 bits per heavy atom. The molecule has 1 fully saturated rings. The van der Waals surface area contributed by atoms with Crippen LogP contribution < -0.4 is 4.90 Å². The third-order valence-corrected chi connectivity index (χ3v) is 5.09. The van der Waals surface area contributed by atoms with E-state index in [2.05, 4.69) is 14.9 Å². The number of hydrogen-bond acceptors (Lipinski definition) is 5. The zero-order chi connectivity index (χ0) is 20.4. The molecule has 1 amide bonds. The minimum Gasteiger partial charge on any atom is -0.450 e. The van der Waals surface area contributed by atoms with Crippen molar-refractivity contribution in [3.8, 4) is 11.4 Å². The molecule has 0 bridgehead atoms. The first-order valence-electron chi connectivity index (χ1n) is 9.45. The summed E-state index contributed by atoms with van der Waals surface area (Å²) in [5, 5.41) is 1.37. The number of carbonyl (C=O) groups excluding carboxylic acids is 1. The summed E-state index contributed by atoms with van der Waals surface area (Å²) in [5.41, 5.74) is 1.03. The van der Waals surface area contributed by atoms with Gasteiger partial charge in [-0.15, -0.1) is 0 Å². The molecule has 8 heteroatoms. The highest BCUT2D eigenvalue weighted by Gasteiger charge is 2.25. The van der Waals surface area contributed by atoms with E-state index in [1.807, 2.05) is 12.1 Å². The van der Waals surface area contributed by atoms with Crippen LogP contribution >= 0.6 is 11.6 Å². The Morgan fingerprint density at radius 2 is 1.90 bits per heavy atom. The lowest BCUT2D eigenvalue weighted by molar-refractivity contribution is 0.105. The van der Waals surface area contributed by atoms with Gasteiger partial charge in [-0.05, 0) is 37.3 Å². The van der Waals surface area contributed by atoms with Crippen LogP contribution in [0.3, 0.4) is 0 Å². The predicted molar refractivity (Wildman–Crippen MR) is 111 cm³/mol. The molecule has 0 N–H and O–H groups in total. The number of amides is 1. The van der Waals surface area contributed by atoms with Gasteiger partial charge in [-0.1, -0.05) is 23.7 Å². The summed E-state index contributed by atoms with van der Waals surface area (Å²) in [4.78, 5) is 25.0. The predicted octanol–water partition coefficient (Wildman–Crippen LogP) is 4.37. The van der Waals surface area contributed by atoms with E-state index < -0.39 is 0 Å². The highest BCUT2D eigenvalue weighted by atomic mass is 35.5. The fourth-order valence-electron chi connectivity index (χ4n) is 3.40. The number of hydrogen-bond donors (Lipinski definition) is 0. The van der Waals surface area contributed by atoms with Crippen molar-refractivity contribution >= 4 is 34.4 Å². The molecule has 1 aliphatic heterocycles. The maximum absolute atomic E-state index is 14.4. The molecule has 1 saturated heterocycles. The molecule has 0 spiro atoms. The SMILES string of the molecule is CCOC(=O)N1CCN(c2nc(-c3ccccc3F)nc3ccc(Cl)cc23)CC1. The van der Waals surface area contributed by atoms with Gasteiger partial charge in [-0.25, -0.2) is 19.2 Å². The molecular formula is C21H20ClFN4O2. The van der Waals surface area contributed by atoms with Crippen molar-refractivity contribution in [2.45, 2.75) is 6.92 Å². The van der Waals surface area contributed by atoms with Crippen LogP contribution in [0, 0.1) is 5.82 Å². The summed E-state index contributed by atoms with van der Waals surface area (Å²) in [7, 11) is 0. The van der Waals surface area contributed by atoms with Crippen LogP contribution in [0.5, 0.6) is 0 Å². The molecule has 0 atom stereocenters. The lowest BCUT2D eigenvalue weighted by Crippen LogP contribution is -2.49. The number of fused-ring (bicyclic) bond motifs is 1. The maximum Gasteiger partial charge on any atom is 0.409 e. The number of aromatic nitrogens is 2. The van der Waals surface area contributed by atoms with Gasteiger partial charge in [0.1, 0.15) is 11.6 Å². The highest BCUT2D eigenvalue weighted by Crippen LogP contribution is 2.31. The standard InChI is InChI=1S/C21H20ClFN4O2/c1-2-29-21(28)27-11-9-26(10-12-27)20-16-13-14(22)7-8-18(16)24-19(25-20)15-5-3-4-6-17(15)23/h3-8,13H,2,9-12H2,1H3. The van der Waals surface area contributed by atoms with Crippen molar-refractivity contribution in [1.82, 2.24) is 14.9 Å². The van der Waals surface area contributed by atoms with E-state index in [1.165, 1.54) is 6.07 Å². The number of halogens is 2. The summed E-state index contributed by atoms with van der Waals surface area (Å²) in [5.74, 6) is 0.624. The van der Waals surface area contributed by atoms with Gasteiger partial charge in [0.15, 0.2) is 5.82 Å². The van der Waals surface area contributed by atoms with Crippen LogP contribution in [0.2, 0.25) is 5.02 Å². The molecule has 0 radical (unpaired) electrons. The lowest BCUT2D eigenvalue weighted by Gasteiger charge is -2.35. The van der Waals surface area contributed by atoms with Crippen LogP contribution in [0.15, 0.2) is 42.5 Å². The van der Waals surface area contributed by atoms with Gasteiger partial charge in [-0.2, -0.15) is 0 Å². The van der Waals surface area contributed by atoms with Gasteiger partial charge < -0.3 is 14.5 Å². The Morgan fingerprint density at radius 1 is 1.14 bits per heavy atom. The van der Waals surface area contributed by atoms with Crippen LogP contribution in [0.25, 0.3) is 22.3 Å². The highest BCUT2D eigenvalue weighted by molar-refractivity contribution is 6.31. The molecule has 150 valence electrons. The van der Waals surface area contributed by atoms with Crippen LogP contribution in [-0.2, 0) is 4.74 Å². The van der Waals surface area contributed by atoms with Gasteiger partial charge in [-0.3, -0.25) is 0 Å².